The number of rotatable bonds is 6. The summed E-state index contributed by atoms with van der Waals surface area (Å²) in [7, 11) is 0. The number of likely N-dealkylation sites (N-methyl/N-ethyl adjacent to an activating group) is 1. The zero-order valence-electron chi connectivity index (χ0n) is 16.3. The number of urea groups is 1. The lowest BCUT2D eigenvalue weighted by molar-refractivity contribution is -0.149. The first-order valence-electron chi connectivity index (χ1n) is 9.63. The van der Waals surface area contributed by atoms with Crippen molar-refractivity contribution in [2.24, 2.45) is 11.3 Å². The first-order chi connectivity index (χ1) is 13.4. The van der Waals surface area contributed by atoms with Crippen LogP contribution in [0.1, 0.15) is 19.4 Å². The number of carbonyl (C=O) groups excluding carboxylic acids is 2. The van der Waals surface area contributed by atoms with E-state index in [2.05, 4.69) is 5.32 Å². The topological polar surface area (TPSA) is 99.2 Å². The molecule has 3 rings (SSSR count). The van der Waals surface area contributed by atoms with E-state index in [4.69, 9.17) is 4.74 Å². The number of anilines is 1. The normalized spacial score (nSPS) is 23.4. The molecule has 2 heterocycles. The molecule has 28 heavy (non-hydrogen) atoms. The van der Waals surface area contributed by atoms with E-state index in [9.17, 15) is 19.5 Å². The molecule has 2 fully saturated rings. The number of likely N-dealkylation sites (tertiary alicyclic amines) is 1. The first kappa shape index (κ1) is 20.1. The van der Waals surface area contributed by atoms with Gasteiger partial charge in [0.1, 0.15) is 5.41 Å². The third-order valence-corrected chi connectivity index (χ3v) is 5.76. The molecule has 0 saturated carbocycles. The van der Waals surface area contributed by atoms with Crippen molar-refractivity contribution < 1.29 is 24.2 Å². The number of nitrogens with one attached hydrogen (secondary N) is 1. The molecule has 2 aliphatic rings. The van der Waals surface area contributed by atoms with Gasteiger partial charge in [0.05, 0.1) is 19.6 Å². The monoisotopic (exact) mass is 389 g/mol. The maximum Gasteiger partial charge on any atom is 0.321 e. The molecule has 8 nitrogen and oxygen atoms in total. The molecular weight excluding hydrogens is 362 g/mol. The molecule has 1 aromatic carbocycles. The quantitative estimate of drug-likeness (QED) is 0.771. The van der Waals surface area contributed by atoms with E-state index < -0.39 is 11.4 Å². The number of amides is 3. The summed E-state index contributed by atoms with van der Waals surface area (Å²) in [5.74, 6) is -1.01. The summed E-state index contributed by atoms with van der Waals surface area (Å²) < 4.78 is 5.33. The van der Waals surface area contributed by atoms with Gasteiger partial charge >= 0.3 is 12.0 Å². The summed E-state index contributed by atoms with van der Waals surface area (Å²) in [6, 6.07) is 6.85. The van der Waals surface area contributed by atoms with Crippen LogP contribution in [0.15, 0.2) is 24.3 Å². The van der Waals surface area contributed by atoms with E-state index in [1.807, 2.05) is 26.0 Å². The fourth-order valence-electron chi connectivity index (χ4n) is 3.96. The molecule has 2 N–H and O–H groups in total. The molecule has 3 amide bonds. The number of carbonyl (C=O) groups is 3. The molecule has 0 radical (unpaired) electrons. The first-order valence-corrected chi connectivity index (χ1v) is 9.63. The summed E-state index contributed by atoms with van der Waals surface area (Å²) in [5.41, 5.74) is 0.501. The van der Waals surface area contributed by atoms with Crippen LogP contribution in [0.5, 0.6) is 0 Å². The van der Waals surface area contributed by atoms with Gasteiger partial charge in [0.25, 0.3) is 0 Å². The standard InChI is InChI=1S/C20H27N3O5/c1-3-22(4-2)17(24)9-14-5-7-16(8-6-14)21-19(27)23-10-15-11-28-13-20(15,12-23)18(25)26/h5-8,15H,3-4,9-13H2,1-2H3,(H,21,27)(H,25,26)/t15-,20-/m1/s1. The van der Waals surface area contributed by atoms with Crippen LogP contribution in [0.4, 0.5) is 10.5 Å². The smallest absolute Gasteiger partial charge is 0.321 e. The molecule has 152 valence electrons. The molecule has 0 bridgehead atoms. The van der Waals surface area contributed by atoms with Crippen molar-refractivity contribution in [3.8, 4) is 0 Å². The molecule has 0 unspecified atom stereocenters. The van der Waals surface area contributed by atoms with Crippen LogP contribution < -0.4 is 5.32 Å². The Balaban J connectivity index is 1.58. The number of hydrogen-bond acceptors (Lipinski definition) is 4. The highest BCUT2D eigenvalue weighted by Crippen LogP contribution is 2.41. The highest BCUT2D eigenvalue weighted by molar-refractivity contribution is 5.90. The zero-order chi connectivity index (χ0) is 20.3. The molecule has 2 aliphatic heterocycles. The minimum atomic E-state index is -0.994. The summed E-state index contributed by atoms with van der Waals surface area (Å²) in [5, 5.41) is 12.4. The second kappa shape index (κ2) is 8.18. The Hall–Kier alpha value is -2.61. The van der Waals surface area contributed by atoms with E-state index in [0.29, 0.717) is 38.3 Å². The second-order valence-corrected chi connectivity index (χ2v) is 7.42. The lowest BCUT2D eigenvalue weighted by Crippen LogP contribution is -2.41. The van der Waals surface area contributed by atoms with Crippen molar-refractivity contribution in [2.45, 2.75) is 20.3 Å². The van der Waals surface area contributed by atoms with Gasteiger partial charge in [-0.05, 0) is 31.5 Å². The van der Waals surface area contributed by atoms with E-state index in [0.717, 1.165) is 5.56 Å². The van der Waals surface area contributed by atoms with Crippen molar-refractivity contribution in [1.82, 2.24) is 9.80 Å². The average Bonchev–Trinajstić information content (AvgIpc) is 3.23. The second-order valence-electron chi connectivity index (χ2n) is 7.42. The van der Waals surface area contributed by atoms with E-state index >= 15 is 0 Å². The zero-order valence-corrected chi connectivity index (χ0v) is 16.3. The minimum absolute atomic E-state index is 0.0755. The van der Waals surface area contributed by atoms with Crippen molar-refractivity contribution in [2.75, 3.05) is 44.7 Å². The third-order valence-electron chi connectivity index (χ3n) is 5.76. The van der Waals surface area contributed by atoms with Crippen LogP contribution in [0.3, 0.4) is 0 Å². The Morgan fingerprint density at radius 2 is 1.93 bits per heavy atom. The van der Waals surface area contributed by atoms with Crippen molar-refractivity contribution in [1.29, 1.82) is 0 Å². The molecule has 2 saturated heterocycles. The summed E-state index contributed by atoms with van der Waals surface area (Å²) >= 11 is 0. The van der Waals surface area contributed by atoms with Crippen molar-refractivity contribution in [3.63, 3.8) is 0 Å². The Kier molecular flexibility index (Phi) is 5.88. The van der Waals surface area contributed by atoms with Gasteiger partial charge in [-0.2, -0.15) is 0 Å². The van der Waals surface area contributed by atoms with Crippen molar-refractivity contribution >= 4 is 23.6 Å². The van der Waals surface area contributed by atoms with Crippen LogP contribution in [0.25, 0.3) is 0 Å². The number of fused-ring (bicyclic) bond motifs is 1. The van der Waals surface area contributed by atoms with Gasteiger partial charge < -0.3 is 25.0 Å². The molecular formula is C20H27N3O5. The van der Waals surface area contributed by atoms with Crippen LogP contribution >= 0.6 is 0 Å². The van der Waals surface area contributed by atoms with Gasteiger partial charge in [-0.15, -0.1) is 0 Å². The molecule has 0 aliphatic carbocycles. The van der Waals surface area contributed by atoms with E-state index in [1.54, 1.807) is 21.9 Å². The highest BCUT2D eigenvalue weighted by Gasteiger charge is 2.57. The number of carboxylic acid groups (broad SMARTS) is 1. The van der Waals surface area contributed by atoms with E-state index in [-0.39, 0.29) is 31.0 Å². The van der Waals surface area contributed by atoms with Gasteiger partial charge in [0, 0.05) is 37.8 Å². The van der Waals surface area contributed by atoms with Gasteiger partial charge in [0.2, 0.25) is 5.91 Å². The van der Waals surface area contributed by atoms with Crippen LogP contribution in [0.2, 0.25) is 0 Å². The molecule has 0 spiro atoms. The maximum atomic E-state index is 12.6. The third kappa shape index (κ3) is 3.82. The Morgan fingerprint density at radius 1 is 1.25 bits per heavy atom. The fourth-order valence-corrected chi connectivity index (χ4v) is 3.96. The minimum Gasteiger partial charge on any atom is -0.481 e. The van der Waals surface area contributed by atoms with Gasteiger partial charge in [-0.3, -0.25) is 9.59 Å². The number of hydrogen-bond donors (Lipinski definition) is 2. The number of ether oxygens (including phenoxy) is 1. The SMILES string of the molecule is CCN(CC)C(=O)Cc1ccc(NC(=O)N2C[C@@H]3COC[C@]3(C(=O)O)C2)cc1. The molecule has 8 heteroatoms. The predicted molar refractivity (Wildman–Crippen MR) is 103 cm³/mol. The van der Waals surface area contributed by atoms with Gasteiger partial charge in [-0.1, -0.05) is 12.1 Å². The summed E-state index contributed by atoms with van der Waals surface area (Å²) in [4.78, 5) is 39.7. The Labute approximate surface area is 164 Å². The predicted octanol–water partition coefficient (Wildman–Crippen LogP) is 1.66. The highest BCUT2D eigenvalue weighted by atomic mass is 16.5. The summed E-state index contributed by atoms with van der Waals surface area (Å²) in [6.07, 6.45) is 0.324. The van der Waals surface area contributed by atoms with Crippen molar-refractivity contribution in [3.05, 3.63) is 29.8 Å². The fraction of sp³-hybridized carbons (Fsp3) is 0.550. The molecule has 2 atom stereocenters. The van der Waals surface area contributed by atoms with E-state index in [1.165, 1.54) is 0 Å². The van der Waals surface area contributed by atoms with Gasteiger partial charge in [0.15, 0.2) is 0 Å². The largest absolute Gasteiger partial charge is 0.481 e. The Bertz CT molecular complexity index is 747. The molecule has 0 aromatic heterocycles. The number of aliphatic carboxylic acids is 1. The maximum absolute atomic E-state index is 12.6. The van der Waals surface area contributed by atoms with Crippen LogP contribution in [0, 0.1) is 11.3 Å². The lowest BCUT2D eigenvalue weighted by Gasteiger charge is -2.22. The van der Waals surface area contributed by atoms with Gasteiger partial charge in [-0.25, -0.2) is 4.79 Å². The summed E-state index contributed by atoms with van der Waals surface area (Å²) in [6.45, 7) is 6.30. The molecule has 1 aromatic rings. The number of benzene rings is 1. The number of nitrogens with zero attached hydrogens (tertiary/aromatic N) is 2. The Morgan fingerprint density at radius 3 is 2.50 bits per heavy atom. The van der Waals surface area contributed by atoms with Crippen LogP contribution in [-0.4, -0.2) is 72.2 Å². The number of carboxylic acids is 1. The lowest BCUT2D eigenvalue weighted by atomic mass is 9.81. The average molecular weight is 389 g/mol. The van der Waals surface area contributed by atoms with Crippen LogP contribution in [-0.2, 0) is 20.7 Å².